The van der Waals surface area contributed by atoms with Gasteiger partial charge in [-0.2, -0.15) is 13.2 Å². The first-order valence-corrected chi connectivity index (χ1v) is 5.44. The molecule has 0 unspecified atom stereocenters. The van der Waals surface area contributed by atoms with Crippen LogP contribution in [0.15, 0.2) is 36.7 Å². The summed E-state index contributed by atoms with van der Waals surface area (Å²) in [5.41, 5.74) is -0.802. The van der Waals surface area contributed by atoms with Gasteiger partial charge >= 0.3 is 6.18 Å². The van der Waals surface area contributed by atoms with Crippen LogP contribution in [0.5, 0.6) is 0 Å². The molecule has 2 N–H and O–H groups in total. The highest BCUT2D eigenvalue weighted by Crippen LogP contribution is 2.35. The monoisotopic (exact) mass is 268 g/mol. The summed E-state index contributed by atoms with van der Waals surface area (Å²) in [6.45, 7) is 0. The maximum absolute atomic E-state index is 12.8. The molecule has 2 rings (SSSR count). The second-order valence-electron chi connectivity index (χ2n) is 3.71. The molecule has 4 nitrogen and oxygen atoms in total. The van der Waals surface area contributed by atoms with Gasteiger partial charge in [0.15, 0.2) is 5.82 Å². The summed E-state index contributed by atoms with van der Waals surface area (Å²) >= 11 is 0. The quantitative estimate of drug-likeness (QED) is 0.897. The van der Waals surface area contributed by atoms with Crippen molar-refractivity contribution in [2.75, 3.05) is 17.7 Å². The molecule has 100 valence electrons. The molecule has 7 heteroatoms. The Labute approximate surface area is 107 Å². The maximum atomic E-state index is 12.8. The van der Waals surface area contributed by atoms with E-state index in [4.69, 9.17) is 0 Å². The Kier molecular flexibility index (Phi) is 3.55. The van der Waals surface area contributed by atoms with Crippen LogP contribution in [0.4, 0.5) is 30.5 Å². The third-order valence-electron chi connectivity index (χ3n) is 2.39. The Morgan fingerprint density at radius 2 is 1.74 bits per heavy atom. The molecule has 1 aromatic carbocycles. The van der Waals surface area contributed by atoms with Gasteiger partial charge in [0.1, 0.15) is 5.82 Å². The van der Waals surface area contributed by atoms with Crippen molar-refractivity contribution in [1.29, 1.82) is 0 Å². The van der Waals surface area contributed by atoms with Gasteiger partial charge in [0.25, 0.3) is 0 Å². The number of halogens is 3. The smallest absolute Gasteiger partial charge is 0.372 e. The second kappa shape index (κ2) is 5.13. The molecule has 0 bridgehead atoms. The van der Waals surface area contributed by atoms with Crippen LogP contribution in [0.3, 0.4) is 0 Å². The Hall–Kier alpha value is -2.31. The third kappa shape index (κ3) is 3.12. The third-order valence-corrected chi connectivity index (χ3v) is 2.39. The number of anilines is 3. The number of benzene rings is 1. The number of alkyl halides is 3. The highest BCUT2D eigenvalue weighted by molar-refractivity contribution is 5.61. The van der Waals surface area contributed by atoms with Gasteiger partial charge in [0, 0.05) is 7.05 Å². The molecule has 0 radical (unpaired) electrons. The number of nitrogens with zero attached hydrogens (tertiary/aromatic N) is 2. The van der Waals surface area contributed by atoms with E-state index in [0.717, 1.165) is 6.07 Å². The summed E-state index contributed by atoms with van der Waals surface area (Å²) in [5.74, 6) is 0.707. The van der Waals surface area contributed by atoms with Gasteiger partial charge in [-0.1, -0.05) is 12.1 Å². The zero-order valence-electron chi connectivity index (χ0n) is 9.99. The second-order valence-corrected chi connectivity index (χ2v) is 3.71. The van der Waals surface area contributed by atoms with Crippen LogP contribution in [0, 0.1) is 0 Å². The van der Waals surface area contributed by atoms with Crippen LogP contribution in [0.2, 0.25) is 0 Å². The molecule has 1 heterocycles. The van der Waals surface area contributed by atoms with Crippen LogP contribution >= 0.6 is 0 Å². The van der Waals surface area contributed by atoms with E-state index in [1.807, 2.05) is 0 Å². The Bertz CT molecular complexity index is 569. The maximum Gasteiger partial charge on any atom is 0.418 e. The molecule has 0 atom stereocenters. The molecular weight excluding hydrogens is 257 g/mol. The van der Waals surface area contributed by atoms with Crippen molar-refractivity contribution in [3.05, 3.63) is 42.2 Å². The van der Waals surface area contributed by atoms with Crippen LogP contribution in [0.25, 0.3) is 0 Å². The van der Waals surface area contributed by atoms with Gasteiger partial charge in [0.2, 0.25) is 0 Å². The predicted octanol–water partition coefficient (Wildman–Crippen LogP) is 3.28. The first kappa shape index (κ1) is 13.1. The number of nitrogens with one attached hydrogen (secondary N) is 2. The van der Waals surface area contributed by atoms with E-state index < -0.39 is 11.7 Å². The SMILES string of the molecule is CNc1cncc(Nc2ccccc2C(F)(F)F)n1. The first-order valence-electron chi connectivity index (χ1n) is 5.44. The van der Waals surface area contributed by atoms with Gasteiger partial charge in [-0.05, 0) is 12.1 Å². The minimum absolute atomic E-state index is 0.0578. The van der Waals surface area contributed by atoms with Crippen LogP contribution in [0.1, 0.15) is 5.56 Å². The highest BCUT2D eigenvalue weighted by atomic mass is 19.4. The molecule has 0 aliphatic rings. The number of hydrogen-bond acceptors (Lipinski definition) is 4. The first-order chi connectivity index (χ1) is 9.00. The van der Waals surface area contributed by atoms with Crippen molar-refractivity contribution in [3.63, 3.8) is 0 Å². The summed E-state index contributed by atoms with van der Waals surface area (Å²) in [6.07, 6.45) is -1.59. The van der Waals surface area contributed by atoms with Gasteiger partial charge in [0.05, 0.1) is 23.6 Å². The lowest BCUT2D eigenvalue weighted by Crippen LogP contribution is -2.09. The molecule has 0 aliphatic carbocycles. The van der Waals surface area contributed by atoms with Crippen LogP contribution < -0.4 is 10.6 Å². The average molecular weight is 268 g/mol. The zero-order chi connectivity index (χ0) is 13.9. The predicted molar refractivity (Wildman–Crippen MR) is 66.3 cm³/mol. The van der Waals surface area contributed by atoms with Crippen molar-refractivity contribution >= 4 is 17.3 Å². The fourth-order valence-electron chi connectivity index (χ4n) is 1.52. The summed E-state index contributed by atoms with van der Waals surface area (Å²) in [5, 5.41) is 5.38. The lowest BCUT2D eigenvalue weighted by Gasteiger charge is -2.13. The average Bonchev–Trinajstić information content (AvgIpc) is 2.38. The van der Waals surface area contributed by atoms with Crippen LogP contribution in [-0.2, 0) is 6.18 Å². The van der Waals surface area contributed by atoms with Gasteiger partial charge < -0.3 is 10.6 Å². The van der Waals surface area contributed by atoms with E-state index in [-0.39, 0.29) is 11.5 Å². The van der Waals surface area contributed by atoms with Gasteiger partial charge in [-0.3, -0.25) is 4.98 Å². The normalized spacial score (nSPS) is 11.2. The summed E-state index contributed by atoms with van der Waals surface area (Å²) in [7, 11) is 1.65. The van der Waals surface area contributed by atoms with E-state index in [1.165, 1.54) is 30.6 Å². The summed E-state index contributed by atoms with van der Waals surface area (Å²) in [4.78, 5) is 7.93. The molecule has 0 fully saturated rings. The molecule has 0 amide bonds. The fourth-order valence-corrected chi connectivity index (χ4v) is 1.52. The van der Waals surface area contributed by atoms with Crippen molar-refractivity contribution in [2.24, 2.45) is 0 Å². The minimum Gasteiger partial charge on any atom is -0.372 e. The molecule has 0 aliphatic heterocycles. The summed E-state index contributed by atoms with van der Waals surface area (Å²) in [6, 6.07) is 5.21. The molecule has 19 heavy (non-hydrogen) atoms. The molecule has 1 aromatic heterocycles. The topological polar surface area (TPSA) is 49.8 Å². The van der Waals surface area contributed by atoms with Crippen molar-refractivity contribution in [1.82, 2.24) is 9.97 Å². The highest BCUT2D eigenvalue weighted by Gasteiger charge is 2.33. The lowest BCUT2D eigenvalue weighted by atomic mass is 10.1. The van der Waals surface area contributed by atoms with Crippen molar-refractivity contribution in [3.8, 4) is 0 Å². The molecule has 0 saturated carbocycles. The number of hydrogen-bond donors (Lipinski definition) is 2. The largest absolute Gasteiger partial charge is 0.418 e. The molecular formula is C12H11F3N4. The lowest BCUT2D eigenvalue weighted by molar-refractivity contribution is -0.136. The number of rotatable bonds is 3. The van der Waals surface area contributed by atoms with E-state index in [9.17, 15) is 13.2 Å². The van der Waals surface area contributed by atoms with E-state index in [0.29, 0.717) is 5.82 Å². The molecule has 0 saturated heterocycles. The van der Waals surface area contributed by atoms with E-state index >= 15 is 0 Å². The fraction of sp³-hybridized carbons (Fsp3) is 0.167. The molecule has 2 aromatic rings. The van der Waals surface area contributed by atoms with Gasteiger partial charge in [-0.25, -0.2) is 4.98 Å². The number of para-hydroxylation sites is 1. The number of aromatic nitrogens is 2. The van der Waals surface area contributed by atoms with Gasteiger partial charge in [-0.15, -0.1) is 0 Å². The standard InChI is InChI=1S/C12H11F3N4/c1-16-10-6-17-7-11(19-10)18-9-5-3-2-4-8(9)12(13,14)15/h2-7H,1H3,(H2,16,18,19). The van der Waals surface area contributed by atoms with Crippen molar-refractivity contribution < 1.29 is 13.2 Å². The Balaban J connectivity index is 2.33. The Morgan fingerprint density at radius 1 is 1.05 bits per heavy atom. The summed E-state index contributed by atoms with van der Waals surface area (Å²) < 4.78 is 38.4. The Morgan fingerprint density at radius 3 is 2.42 bits per heavy atom. The zero-order valence-corrected chi connectivity index (χ0v) is 9.99. The van der Waals surface area contributed by atoms with E-state index in [2.05, 4.69) is 20.6 Å². The van der Waals surface area contributed by atoms with Crippen molar-refractivity contribution in [2.45, 2.75) is 6.18 Å². The minimum atomic E-state index is -4.42. The molecule has 0 spiro atoms. The van der Waals surface area contributed by atoms with E-state index in [1.54, 1.807) is 7.05 Å². The van der Waals surface area contributed by atoms with Crippen LogP contribution in [-0.4, -0.2) is 17.0 Å².